The van der Waals surface area contributed by atoms with Crippen LogP contribution in [0.4, 0.5) is 5.69 Å². The van der Waals surface area contributed by atoms with E-state index in [0.29, 0.717) is 0 Å². The standard InChI is InChI=1S/C12H8BrClN2O4S/c13-9-2-1-7(12(17)18)5-10(9)21(19,20)16-8-3-4-15-11(14)6-8/h1-6H,(H,15,16)(H,17,18). The molecule has 6 nitrogen and oxygen atoms in total. The van der Waals surface area contributed by atoms with E-state index in [1.54, 1.807) is 0 Å². The van der Waals surface area contributed by atoms with Crippen LogP contribution in [0.15, 0.2) is 45.9 Å². The normalized spacial score (nSPS) is 11.1. The number of pyridine rings is 1. The molecule has 1 heterocycles. The molecule has 0 aliphatic rings. The molecule has 0 fully saturated rings. The Hall–Kier alpha value is -1.64. The zero-order chi connectivity index (χ0) is 15.6. The highest BCUT2D eigenvalue weighted by Gasteiger charge is 2.20. The number of anilines is 1. The molecule has 0 aliphatic carbocycles. The lowest BCUT2D eigenvalue weighted by molar-refractivity contribution is 0.0696. The molecule has 2 N–H and O–H groups in total. The Balaban J connectivity index is 2.44. The van der Waals surface area contributed by atoms with Gasteiger partial charge in [-0.15, -0.1) is 0 Å². The minimum absolute atomic E-state index is 0.133. The third-order valence-electron chi connectivity index (χ3n) is 2.45. The number of hydrogen-bond donors (Lipinski definition) is 2. The number of rotatable bonds is 4. The molecule has 0 atom stereocenters. The summed E-state index contributed by atoms with van der Waals surface area (Å²) < 4.78 is 27.2. The van der Waals surface area contributed by atoms with Gasteiger partial charge in [0.1, 0.15) is 10.0 Å². The first-order chi connectivity index (χ1) is 9.79. The van der Waals surface area contributed by atoms with Crippen molar-refractivity contribution in [2.75, 3.05) is 4.72 Å². The van der Waals surface area contributed by atoms with E-state index in [0.717, 1.165) is 6.07 Å². The molecule has 0 saturated carbocycles. The first kappa shape index (κ1) is 15.7. The maximum absolute atomic E-state index is 12.3. The van der Waals surface area contributed by atoms with Crippen molar-refractivity contribution in [3.63, 3.8) is 0 Å². The number of nitrogens with one attached hydrogen (secondary N) is 1. The van der Waals surface area contributed by atoms with Crippen molar-refractivity contribution in [3.8, 4) is 0 Å². The van der Waals surface area contributed by atoms with Gasteiger partial charge in [-0.1, -0.05) is 11.6 Å². The lowest BCUT2D eigenvalue weighted by Crippen LogP contribution is -2.14. The largest absolute Gasteiger partial charge is 0.478 e. The quantitative estimate of drug-likeness (QED) is 0.781. The second-order valence-corrected chi connectivity index (χ2v) is 6.82. The van der Waals surface area contributed by atoms with E-state index in [-0.39, 0.29) is 25.8 Å². The van der Waals surface area contributed by atoms with Crippen molar-refractivity contribution >= 4 is 49.2 Å². The average molecular weight is 392 g/mol. The van der Waals surface area contributed by atoms with E-state index in [2.05, 4.69) is 25.6 Å². The molecule has 110 valence electrons. The van der Waals surface area contributed by atoms with Gasteiger partial charge in [-0.25, -0.2) is 18.2 Å². The highest BCUT2D eigenvalue weighted by Crippen LogP contribution is 2.26. The summed E-state index contributed by atoms with van der Waals surface area (Å²) in [7, 11) is -3.96. The van der Waals surface area contributed by atoms with Crippen molar-refractivity contribution < 1.29 is 18.3 Å². The molecule has 0 spiro atoms. The molecule has 1 aromatic heterocycles. The Morgan fingerprint density at radius 1 is 1.29 bits per heavy atom. The van der Waals surface area contributed by atoms with Crippen molar-refractivity contribution in [1.82, 2.24) is 4.98 Å². The van der Waals surface area contributed by atoms with Crippen molar-refractivity contribution in [2.24, 2.45) is 0 Å². The Morgan fingerprint density at radius 2 is 2.00 bits per heavy atom. The molecule has 0 unspecified atom stereocenters. The summed E-state index contributed by atoms with van der Waals surface area (Å²) in [5.41, 5.74) is 0.0916. The van der Waals surface area contributed by atoms with Gasteiger partial charge in [-0.05, 0) is 46.3 Å². The summed E-state index contributed by atoms with van der Waals surface area (Å²) in [6.45, 7) is 0. The fourth-order valence-corrected chi connectivity index (χ4v) is 3.73. The van der Waals surface area contributed by atoms with E-state index in [9.17, 15) is 13.2 Å². The number of carbonyl (C=O) groups is 1. The summed E-state index contributed by atoms with van der Waals surface area (Å²) in [6.07, 6.45) is 1.35. The maximum atomic E-state index is 12.3. The maximum Gasteiger partial charge on any atom is 0.335 e. The second-order valence-electron chi connectivity index (χ2n) is 3.92. The molecule has 0 amide bonds. The molecule has 21 heavy (non-hydrogen) atoms. The van der Waals surface area contributed by atoms with Crippen LogP contribution in [-0.4, -0.2) is 24.5 Å². The third kappa shape index (κ3) is 3.72. The first-order valence-electron chi connectivity index (χ1n) is 5.47. The molecule has 0 radical (unpaired) electrons. The van der Waals surface area contributed by atoms with Gasteiger partial charge in [0.15, 0.2) is 0 Å². The smallest absolute Gasteiger partial charge is 0.335 e. The third-order valence-corrected chi connectivity index (χ3v) is 5.03. The highest BCUT2D eigenvalue weighted by molar-refractivity contribution is 9.10. The Labute approximate surface area is 134 Å². The van der Waals surface area contributed by atoms with E-state index in [1.165, 1.54) is 30.5 Å². The van der Waals surface area contributed by atoms with Crippen LogP contribution in [-0.2, 0) is 10.0 Å². The van der Waals surface area contributed by atoms with E-state index < -0.39 is 16.0 Å². The van der Waals surface area contributed by atoms with Crippen molar-refractivity contribution in [2.45, 2.75) is 4.90 Å². The van der Waals surface area contributed by atoms with Crippen molar-refractivity contribution in [3.05, 3.63) is 51.7 Å². The number of sulfonamides is 1. The molecule has 1 aromatic carbocycles. The predicted molar refractivity (Wildman–Crippen MR) is 81.2 cm³/mol. The number of aromatic carboxylic acids is 1. The number of carboxylic acid groups (broad SMARTS) is 1. The van der Waals surface area contributed by atoms with Crippen LogP contribution < -0.4 is 4.72 Å². The summed E-state index contributed by atoms with van der Waals surface area (Å²) in [5, 5.41) is 9.07. The first-order valence-corrected chi connectivity index (χ1v) is 8.12. The Kier molecular flexibility index (Phi) is 4.50. The van der Waals surface area contributed by atoms with E-state index >= 15 is 0 Å². The van der Waals surface area contributed by atoms with Crippen LogP contribution >= 0.6 is 27.5 Å². The van der Waals surface area contributed by atoms with Gasteiger partial charge in [-0.3, -0.25) is 4.72 Å². The fraction of sp³-hybridized carbons (Fsp3) is 0. The second kappa shape index (κ2) is 6.00. The molecule has 0 bridgehead atoms. The Morgan fingerprint density at radius 3 is 2.62 bits per heavy atom. The SMILES string of the molecule is O=C(O)c1ccc(Br)c(S(=O)(=O)Nc2ccnc(Cl)c2)c1. The molecule has 0 saturated heterocycles. The van der Waals surface area contributed by atoms with E-state index in [4.69, 9.17) is 16.7 Å². The topological polar surface area (TPSA) is 96.4 Å². The molecular weight excluding hydrogens is 384 g/mol. The summed E-state index contributed by atoms with van der Waals surface area (Å²) in [4.78, 5) is 14.5. The van der Waals surface area contributed by atoms with Crippen LogP contribution in [0.2, 0.25) is 5.15 Å². The number of aromatic nitrogens is 1. The van der Waals surface area contributed by atoms with Gasteiger partial charge in [-0.2, -0.15) is 0 Å². The monoisotopic (exact) mass is 390 g/mol. The predicted octanol–water partition coefficient (Wildman–Crippen LogP) is 3.00. The van der Waals surface area contributed by atoms with Crippen LogP contribution in [0.1, 0.15) is 10.4 Å². The van der Waals surface area contributed by atoms with Crippen LogP contribution in [0.5, 0.6) is 0 Å². The number of carboxylic acids is 1. The summed E-state index contributed by atoms with van der Waals surface area (Å²) in [6, 6.07) is 6.50. The highest BCUT2D eigenvalue weighted by atomic mass is 79.9. The van der Waals surface area contributed by atoms with E-state index in [1.807, 2.05) is 0 Å². The minimum atomic E-state index is -3.96. The number of hydrogen-bond acceptors (Lipinski definition) is 4. The van der Waals surface area contributed by atoms with Gasteiger partial charge in [0, 0.05) is 10.7 Å². The molecule has 2 rings (SSSR count). The van der Waals surface area contributed by atoms with Gasteiger partial charge < -0.3 is 5.11 Å². The van der Waals surface area contributed by atoms with Gasteiger partial charge in [0.25, 0.3) is 10.0 Å². The average Bonchev–Trinajstić information content (AvgIpc) is 2.38. The minimum Gasteiger partial charge on any atom is -0.478 e. The molecule has 2 aromatic rings. The Bertz CT molecular complexity index is 811. The van der Waals surface area contributed by atoms with Crippen molar-refractivity contribution in [1.29, 1.82) is 0 Å². The molecule has 0 aliphatic heterocycles. The zero-order valence-corrected chi connectivity index (χ0v) is 13.4. The lowest BCUT2D eigenvalue weighted by atomic mass is 10.2. The van der Waals surface area contributed by atoms with Crippen LogP contribution in [0.3, 0.4) is 0 Å². The van der Waals surface area contributed by atoms with Crippen LogP contribution in [0, 0.1) is 0 Å². The fourth-order valence-electron chi connectivity index (χ4n) is 1.52. The van der Waals surface area contributed by atoms with Crippen LogP contribution in [0.25, 0.3) is 0 Å². The summed E-state index contributed by atoms with van der Waals surface area (Å²) >= 11 is 8.78. The number of halogens is 2. The summed E-state index contributed by atoms with van der Waals surface area (Å²) in [5.74, 6) is -1.22. The number of nitrogens with zero attached hydrogens (tertiary/aromatic N) is 1. The van der Waals surface area contributed by atoms with Gasteiger partial charge >= 0.3 is 5.97 Å². The lowest BCUT2D eigenvalue weighted by Gasteiger charge is -2.10. The zero-order valence-electron chi connectivity index (χ0n) is 10.2. The van der Waals surface area contributed by atoms with Gasteiger partial charge in [0.2, 0.25) is 0 Å². The molecular formula is C12H8BrClN2O4S. The molecule has 9 heteroatoms. The number of benzene rings is 1. The van der Waals surface area contributed by atoms with Gasteiger partial charge in [0.05, 0.1) is 11.3 Å².